The number of hydrogen-bond acceptors (Lipinski definition) is 6. The first kappa shape index (κ1) is 18.4. The van der Waals surface area contributed by atoms with Crippen molar-refractivity contribution in [2.75, 3.05) is 31.1 Å². The molecule has 2 aromatic heterocycles. The molecule has 0 spiro atoms. The second kappa shape index (κ2) is 7.09. The first-order valence-corrected chi connectivity index (χ1v) is 10.6. The van der Waals surface area contributed by atoms with Gasteiger partial charge >= 0.3 is 0 Å². The number of para-hydroxylation sites is 1. The molecule has 0 aliphatic carbocycles. The van der Waals surface area contributed by atoms with Crippen LogP contribution in [0.1, 0.15) is 10.4 Å². The van der Waals surface area contributed by atoms with Crippen LogP contribution >= 0.6 is 11.6 Å². The summed E-state index contributed by atoms with van der Waals surface area (Å²) < 4.78 is 5.93. The van der Waals surface area contributed by atoms with Crippen LogP contribution < -0.4 is 4.90 Å². The summed E-state index contributed by atoms with van der Waals surface area (Å²) in [6, 6.07) is 13.6. The molecule has 0 saturated carbocycles. The van der Waals surface area contributed by atoms with E-state index in [9.17, 15) is 4.79 Å². The third-order valence-corrected chi connectivity index (χ3v) is 6.39. The normalized spacial score (nSPS) is 20.5. The number of likely N-dealkylation sites (tertiary alicyclic amines) is 1. The monoisotopic (exact) mass is 434 g/mol. The highest BCUT2D eigenvalue weighted by atomic mass is 35.5. The summed E-state index contributed by atoms with van der Waals surface area (Å²) in [5.41, 5.74) is 2.81. The largest absolute Gasteiger partial charge is 0.423 e. The summed E-state index contributed by atoms with van der Waals surface area (Å²) in [6.45, 7) is 3.06. The molecule has 2 aliphatic rings. The third kappa shape index (κ3) is 3.14. The van der Waals surface area contributed by atoms with Crippen molar-refractivity contribution in [3.05, 3.63) is 65.4 Å². The molecule has 2 fully saturated rings. The molecule has 0 radical (unpaired) electrons. The van der Waals surface area contributed by atoms with Gasteiger partial charge in [-0.1, -0.05) is 23.7 Å². The summed E-state index contributed by atoms with van der Waals surface area (Å²) in [5, 5.41) is 9.01. The maximum Gasteiger partial charge on any atom is 0.298 e. The molecule has 0 N–H and O–H groups in total. The molecule has 2 unspecified atom stereocenters. The molecule has 9 heteroatoms. The van der Waals surface area contributed by atoms with Gasteiger partial charge in [0, 0.05) is 43.0 Å². The molecular formula is C22H19ClN6O2. The fraction of sp³-hybridized carbons (Fsp3) is 0.273. The van der Waals surface area contributed by atoms with Gasteiger partial charge in [-0.05, 0) is 30.3 Å². The molecule has 2 saturated heterocycles. The van der Waals surface area contributed by atoms with E-state index in [1.807, 2.05) is 41.3 Å². The lowest BCUT2D eigenvalue weighted by Crippen LogP contribution is -2.34. The van der Waals surface area contributed by atoms with Gasteiger partial charge < -0.3 is 14.2 Å². The first-order valence-electron chi connectivity index (χ1n) is 10.2. The lowest BCUT2D eigenvalue weighted by Gasteiger charge is -2.21. The van der Waals surface area contributed by atoms with E-state index in [4.69, 9.17) is 16.0 Å². The Morgan fingerprint density at radius 3 is 2.52 bits per heavy atom. The van der Waals surface area contributed by atoms with Gasteiger partial charge in [0.25, 0.3) is 11.9 Å². The summed E-state index contributed by atoms with van der Waals surface area (Å²) >= 11 is 6.06. The van der Waals surface area contributed by atoms with Gasteiger partial charge in [0.15, 0.2) is 5.58 Å². The van der Waals surface area contributed by atoms with E-state index in [-0.39, 0.29) is 5.91 Å². The van der Waals surface area contributed by atoms with Crippen LogP contribution in [0.4, 0.5) is 6.01 Å². The van der Waals surface area contributed by atoms with Gasteiger partial charge in [0.05, 0.1) is 23.6 Å². The SMILES string of the molecule is O=C(c1ccccc1-n1nccn1)N1CC2CN(c3nc4cc(Cl)ccc4o3)CC2C1. The lowest BCUT2D eigenvalue weighted by atomic mass is 10.0. The van der Waals surface area contributed by atoms with Crippen LogP contribution in [-0.4, -0.2) is 57.0 Å². The average Bonchev–Trinajstić information content (AvgIpc) is 3.55. The molecule has 8 nitrogen and oxygen atoms in total. The van der Waals surface area contributed by atoms with Crippen molar-refractivity contribution in [1.82, 2.24) is 24.9 Å². The van der Waals surface area contributed by atoms with Gasteiger partial charge in [-0.25, -0.2) is 0 Å². The zero-order valence-electron chi connectivity index (χ0n) is 16.6. The highest BCUT2D eigenvalue weighted by Crippen LogP contribution is 2.36. The number of oxazole rings is 1. The van der Waals surface area contributed by atoms with Crippen LogP contribution in [0.3, 0.4) is 0 Å². The minimum Gasteiger partial charge on any atom is -0.423 e. The van der Waals surface area contributed by atoms with Gasteiger partial charge in [-0.3, -0.25) is 4.79 Å². The maximum atomic E-state index is 13.3. The van der Waals surface area contributed by atoms with E-state index in [0.29, 0.717) is 47.2 Å². The van der Waals surface area contributed by atoms with E-state index in [0.717, 1.165) is 24.2 Å². The number of carbonyl (C=O) groups excluding carboxylic acids is 1. The summed E-state index contributed by atoms with van der Waals surface area (Å²) in [6.07, 6.45) is 3.21. The van der Waals surface area contributed by atoms with Crippen LogP contribution in [0, 0.1) is 11.8 Å². The fourth-order valence-corrected chi connectivity index (χ4v) is 4.84. The second-order valence-corrected chi connectivity index (χ2v) is 8.52. The molecule has 156 valence electrons. The van der Waals surface area contributed by atoms with Crippen molar-refractivity contribution >= 4 is 34.6 Å². The molecule has 2 aromatic carbocycles. The number of fused-ring (bicyclic) bond motifs is 2. The Hall–Kier alpha value is -3.39. The molecule has 0 bridgehead atoms. The highest BCUT2D eigenvalue weighted by Gasteiger charge is 2.43. The predicted octanol–water partition coefficient (Wildman–Crippen LogP) is 3.27. The smallest absolute Gasteiger partial charge is 0.298 e. The Bertz CT molecular complexity index is 1260. The number of amides is 1. The van der Waals surface area contributed by atoms with Crippen molar-refractivity contribution in [2.24, 2.45) is 11.8 Å². The van der Waals surface area contributed by atoms with E-state index in [1.165, 1.54) is 4.80 Å². The minimum atomic E-state index is 0.0188. The van der Waals surface area contributed by atoms with Crippen molar-refractivity contribution in [2.45, 2.75) is 0 Å². The van der Waals surface area contributed by atoms with Crippen molar-refractivity contribution in [1.29, 1.82) is 0 Å². The van der Waals surface area contributed by atoms with E-state index < -0.39 is 0 Å². The second-order valence-electron chi connectivity index (χ2n) is 8.08. The number of hydrogen-bond donors (Lipinski definition) is 0. The number of anilines is 1. The van der Waals surface area contributed by atoms with Gasteiger partial charge in [0.2, 0.25) is 0 Å². The number of halogens is 1. The zero-order valence-corrected chi connectivity index (χ0v) is 17.3. The summed E-state index contributed by atoms with van der Waals surface area (Å²) in [4.78, 5) is 23.5. The first-order chi connectivity index (χ1) is 15.2. The van der Waals surface area contributed by atoms with Crippen LogP contribution in [0.15, 0.2) is 59.3 Å². The molecule has 4 heterocycles. The molecular weight excluding hydrogens is 416 g/mol. The number of nitrogens with zero attached hydrogens (tertiary/aromatic N) is 6. The number of aromatic nitrogens is 4. The van der Waals surface area contributed by atoms with E-state index >= 15 is 0 Å². The Kier molecular flexibility index (Phi) is 4.21. The van der Waals surface area contributed by atoms with Crippen molar-refractivity contribution in [3.63, 3.8) is 0 Å². The van der Waals surface area contributed by atoms with Gasteiger partial charge in [0.1, 0.15) is 5.52 Å². The fourth-order valence-electron chi connectivity index (χ4n) is 4.68. The molecule has 1 amide bonds. The Balaban J connectivity index is 1.19. The van der Waals surface area contributed by atoms with Gasteiger partial charge in [-0.2, -0.15) is 20.0 Å². The zero-order chi connectivity index (χ0) is 20.9. The third-order valence-electron chi connectivity index (χ3n) is 6.15. The molecule has 2 atom stereocenters. The average molecular weight is 435 g/mol. The number of rotatable bonds is 3. The summed E-state index contributed by atoms with van der Waals surface area (Å²) in [5.74, 6) is 0.792. The van der Waals surface area contributed by atoms with E-state index in [2.05, 4.69) is 20.1 Å². The van der Waals surface area contributed by atoms with E-state index in [1.54, 1.807) is 18.5 Å². The minimum absolute atomic E-state index is 0.0188. The van der Waals surface area contributed by atoms with Crippen LogP contribution in [0.5, 0.6) is 0 Å². The molecule has 6 rings (SSSR count). The van der Waals surface area contributed by atoms with Crippen LogP contribution in [0.25, 0.3) is 16.8 Å². The van der Waals surface area contributed by atoms with Crippen LogP contribution in [0.2, 0.25) is 5.02 Å². The topological polar surface area (TPSA) is 80.3 Å². The Morgan fingerprint density at radius 1 is 1.00 bits per heavy atom. The quantitative estimate of drug-likeness (QED) is 0.492. The predicted molar refractivity (Wildman–Crippen MR) is 115 cm³/mol. The van der Waals surface area contributed by atoms with Crippen molar-refractivity contribution < 1.29 is 9.21 Å². The van der Waals surface area contributed by atoms with Gasteiger partial charge in [-0.15, -0.1) is 0 Å². The van der Waals surface area contributed by atoms with Crippen LogP contribution in [-0.2, 0) is 0 Å². The highest BCUT2D eigenvalue weighted by molar-refractivity contribution is 6.31. The maximum absolute atomic E-state index is 13.3. The summed E-state index contributed by atoms with van der Waals surface area (Å²) in [7, 11) is 0. The molecule has 4 aromatic rings. The Labute approximate surface area is 183 Å². The number of carbonyl (C=O) groups is 1. The standard InChI is InChI=1S/C22H19ClN6O2/c23-16-5-6-20-18(9-16)26-22(31-20)28-12-14-10-27(11-15(14)13-28)21(30)17-3-1-2-4-19(17)29-24-7-8-25-29/h1-9,14-15H,10-13H2. The Morgan fingerprint density at radius 2 is 1.74 bits per heavy atom. The van der Waals surface area contributed by atoms with Crippen molar-refractivity contribution in [3.8, 4) is 5.69 Å². The lowest BCUT2D eigenvalue weighted by molar-refractivity contribution is 0.0782. The molecule has 2 aliphatic heterocycles. The number of benzene rings is 2. The molecule has 31 heavy (non-hydrogen) atoms.